The molecule has 0 unspecified atom stereocenters. The fourth-order valence-corrected chi connectivity index (χ4v) is 0. The minimum absolute atomic E-state index is 0. The molecule has 0 aromatic carbocycles. The average molecular weight is 370 g/mol. The summed E-state index contributed by atoms with van der Waals surface area (Å²) >= 11 is 1.33. The van der Waals surface area contributed by atoms with Gasteiger partial charge in [0.1, 0.15) is 0 Å². The van der Waals surface area contributed by atoms with Crippen molar-refractivity contribution in [3.63, 3.8) is 0 Å². The molecule has 0 aromatic heterocycles. The molecule has 8 heavy (non-hydrogen) atoms. The first-order chi connectivity index (χ1) is 1.00. The van der Waals surface area contributed by atoms with Crippen LogP contribution in [-0.4, -0.2) is 21.1 Å². The average Bonchev–Trinajstić information content (AvgIpc) is 1.00. The number of hydrogen-bond donors (Lipinski definition) is 0. The zero-order valence-electron chi connectivity index (χ0n) is 5.20. The Morgan fingerprint density at radius 3 is 0.625 bits per heavy atom. The quantitative estimate of drug-likeness (QED) is 0.236. The van der Waals surface area contributed by atoms with Crippen LogP contribution < -0.4 is 154 Å². The Morgan fingerprint density at radius 1 is 0.625 bits per heavy atom. The van der Waals surface area contributed by atoms with Crippen LogP contribution in [0.5, 0.6) is 0 Å². The van der Waals surface area contributed by atoms with Crippen LogP contribution in [0.15, 0.2) is 0 Å². The van der Waals surface area contributed by atoms with Crippen molar-refractivity contribution in [1.82, 2.24) is 0 Å². The molecular formula is H3K3S4Sb. The molecule has 8 heteroatoms. The van der Waals surface area contributed by atoms with Crippen LogP contribution in [0.4, 0.5) is 0 Å². The molecule has 0 N–H and O–H groups in total. The molecule has 0 fully saturated rings. The van der Waals surface area contributed by atoms with Gasteiger partial charge in [-0.05, 0) is 0 Å². The number of thiol groups is 3. The van der Waals surface area contributed by atoms with Gasteiger partial charge in [0.25, 0.3) is 0 Å². The van der Waals surface area contributed by atoms with Crippen LogP contribution in [-0.2, 0) is 40.5 Å². The van der Waals surface area contributed by atoms with Gasteiger partial charge in [0, 0.05) is 0 Å². The first-order valence-corrected chi connectivity index (χ1v) is 3.67. The first kappa shape index (κ1) is 45.9. The fourth-order valence-electron chi connectivity index (χ4n) is 0. The topological polar surface area (TPSA) is 0 Å². The van der Waals surface area contributed by atoms with E-state index in [4.69, 9.17) is 0 Å². The Hall–Kier alpha value is 7.00. The second-order valence-electron chi connectivity index (χ2n) is 0. The van der Waals surface area contributed by atoms with Gasteiger partial charge in [0.05, 0.1) is 0 Å². The summed E-state index contributed by atoms with van der Waals surface area (Å²) in [5, 5.41) is 0. The van der Waals surface area contributed by atoms with Crippen molar-refractivity contribution in [3.8, 4) is 0 Å². The van der Waals surface area contributed by atoms with Gasteiger partial charge in [0.2, 0.25) is 0 Å². The summed E-state index contributed by atoms with van der Waals surface area (Å²) in [4.78, 5) is 0. The Labute approximate surface area is 217 Å². The van der Waals surface area contributed by atoms with E-state index in [0.29, 0.717) is 0 Å². The first-order valence-electron chi connectivity index (χ1n) is 0.183. The Morgan fingerprint density at radius 2 is 0.625 bits per heavy atom. The van der Waals surface area contributed by atoms with Crippen molar-refractivity contribution in [1.29, 1.82) is 0 Å². The third-order valence-electron chi connectivity index (χ3n) is 0. The SMILES string of the molecule is [K+].[K+].[K+].[SH-].[SH-].[SH-].[S]=[Sb]. The molecule has 0 rings (SSSR count). The molecule has 0 amide bonds. The fraction of sp³-hybridized carbons (Fsp3) is 0. The standard InChI is InChI=1S/3K.3H2S.S.Sb/h;;;3*1H2;;/q3*+1;;;;;/p-3. The van der Waals surface area contributed by atoms with Gasteiger partial charge in [0.15, 0.2) is 0 Å². The molecule has 0 saturated carbocycles. The Balaban J connectivity index is -0.000000000333. The number of rotatable bonds is 0. The zero-order chi connectivity index (χ0) is 2.00. The van der Waals surface area contributed by atoms with Crippen LogP contribution in [0, 0.1) is 0 Å². The number of hydrogen-bond acceptors (Lipinski definition) is 4. The van der Waals surface area contributed by atoms with E-state index >= 15 is 0 Å². The van der Waals surface area contributed by atoms with Gasteiger partial charge in [-0.15, -0.1) is 0 Å². The van der Waals surface area contributed by atoms with Gasteiger partial charge < -0.3 is 40.5 Å². The summed E-state index contributed by atoms with van der Waals surface area (Å²) in [6, 6.07) is 0. The molecule has 0 spiro atoms. The second kappa shape index (κ2) is 48.3. The third-order valence-corrected chi connectivity index (χ3v) is 0. The van der Waals surface area contributed by atoms with E-state index in [0.717, 1.165) is 0 Å². The zero-order valence-corrected chi connectivity index (χ0v) is 20.6. The van der Waals surface area contributed by atoms with E-state index in [2.05, 4.69) is 9.19 Å². The van der Waals surface area contributed by atoms with Gasteiger partial charge >= 0.3 is 184 Å². The van der Waals surface area contributed by atoms with E-state index in [1.807, 2.05) is 0 Å². The molecule has 35 valence electrons. The summed E-state index contributed by atoms with van der Waals surface area (Å²) < 4.78 is 0. The minimum atomic E-state index is 0. The maximum absolute atomic E-state index is 4.13. The molecule has 0 aromatic rings. The van der Waals surface area contributed by atoms with Gasteiger partial charge in [-0.1, -0.05) is 0 Å². The summed E-state index contributed by atoms with van der Waals surface area (Å²) in [5.41, 5.74) is 0. The predicted molar refractivity (Wildman–Crippen MR) is 39.6 cm³/mol. The molecule has 0 saturated heterocycles. The molecule has 0 aliphatic heterocycles. The molecular weight excluding hydrogens is 367 g/mol. The van der Waals surface area contributed by atoms with Crippen LogP contribution in [0.25, 0.3) is 0 Å². The maximum atomic E-state index is 4.13. The summed E-state index contributed by atoms with van der Waals surface area (Å²) in [5.74, 6) is 0. The van der Waals surface area contributed by atoms with Gasteiger partial charge in [-0.2, -0.15) is 0 Å². The van der Waals surface area contributed by atoms with Crippen LogP contribution in [0.1, 0.15) is 0 Å². The summed E-state index contributed by atoms with van der Waals surface area (Å²) in [7, 11) is 4.13. The van der Waals surface area contributed by atoms with Crippen molar-refractivity contribution in [2.45, 2.75) is 0 Å². The van der Waals surface area contributed by atoms with E-state index in [1.165, 1.54) is 21.1 Å². The van der Waals surface area contributed by atoms with Crippen molar-refractivity contribution in [2.24, 2.45) is 0 Å². The molecule has 1 radical (unpaired) electrons. The van der Waals surface area contributed by atoms with Gasteiger partial charge in [-0.3, -0.25) is 0 Å². The van der Waals surface area contributed by atoms with Crippen molar-refractivity contribution >= 4 is 70.7 Å². The van der Waals surface area contributed by atoms with Crippen molar-refractivity contribution in [3.05, 3.63) is 0 Å². The van der Waals surface area contributed by atoms with E-state index < -0.39 is 0 Å². The normalized spacial score (nSPS) is 0.500. The van der Waals surface area contributed by atoms with Crippen LogP contribution in [0.3, 0.4) is 0 Å². The third kappa shape index (κ3) is 38.2. The Kier molecular flexibility index (Phi) is 277. The second-order valence-corrected chi connectivity index (χ2v) is 0. The van der Waals surface area contributed by atoms with E-state index in [1.54, 1.807) is 0 Å². The van der Waals surface area contributed by atoms with E-state index in [-0.39, 0.29) is 195 Å². The van der Waals surface area contributed by atoms with Crippen molar-refractivity contribution in [2.75, 3.05) is 0 Å². The molecule has 0 aliphatic rings. The summed E-state index contributed by atoms with van der Waals surface area (Å²) in [6.45, 7) is 0. The monoisotopic (exact) mass is 369 g/mol. The van der Waals surface area contributed by atoms with Crippen LogP contribution >= 0.6 is 9.19 Å². The van der Waals surface area contributed by atoms with E-state index in [9.17, 15) is 0 Å². The molecule has 0 nitrogen and oxygen atoms in total. The predicted octanol–water partition coefficient (Wildman–Crippen LogP) is -9.53. The van der Waals surface area contributed by atoms with Gasteiger partial charge in [-0.25, -0.2) is 0 Å². The van der Waals surface area contributed by atoms with Crippen molar-refractivity contribution < 1.29 is 154 Å². The molecule has 0 aliphatic carbocycles. The molecule has 0 heterocycles. The Bertz CT molecular complexity index is 11.2. The summed E-state index contributed by atoms with van der Waals surface area (Å²) in [6.07, 6.45) is 0. The van der Waals surface area contributed by atoms with Crippen LogP contribution in [0.2, 0.25) is 0 Å². The molecule has 0 bridgehead atoms. The molecule has 0 atom stereocenters.